The lowest BCUT2D eigenvalue weighted by atomic mass is 9.98. The molecular formula is C12H9Cl9O. The molecule has 0 radical (unpaired) electrons. The highest BCUT2D eigenvalue weighted by Gasteiger charge is 2.68. The van der Waals surface area contributed by atoms with Gasteiger partial charge in [-0.15, -0.1) is 0 Å². The largest absolute Gasteiger partial charge is 0.396 e. The summed E-state index contributed by atoms with van der Waals surface area (Å²) >= 11 is 54.5. The van der Waals surface area contributed by atoms with Crippen molar-refractivity contribution in [3.05, 3.63) is 35.4 Å². The van der Waals surface area contributed by atoms with E-state index in [1.165, 1.54) is 0 Å². The van der Waals surface area contributed by atoms with Gasteiger partial charge >= 0.3 is 0 Å². The van der Waals surface area contributed by atoms with Gasteiger partial charge < -0.3 is 5.11 Å². The van der Waals surface area contributed by atoms with Crippen LogP contribution in [-0.4, -0.2) is 24.2 Å². The highest BCUT2D eigenvalue weighted by atomic mass is 35.6. The van der Waals surface area contributed by atoms with E-state index in [1.807, 2.05) is 0 Å². The summed E-state index contributed by atoms with van der Waals surface area (Å²) in [5, 5.41) is 9.13. The molecule has 1 N–H and O–H groups in total. The molecule has 0 aliphatic rings. The number of aliphatic hydroxyl groups is 1. The van der Waals surface area contributed by atoms with Crippen LogP contribution in [0.15, 0.2) is 24.3 Å². The zero-order chi connectivity index (χ0) is 17.4. The van der Waals surface area contributed by atoms with Crippen molar-refractivity contribution < 1.29 is 5.11 Å². The molecule has 0 aliphatic carbocycles. The summed E-state index contributed by atoms with van der Waals surface area (Å²) in [7, 11) is 0. The van der Waals surface area contributed by atoms with E-state index in [0.717, 1.165) is 0 Å². The third-order valence-corrected chi connectivity index (χ3v) is 8.33. The first-order chi connectivity index (χ1) is 9.80. The minimum atomic E-state index is -2.34. The maximum atomic E-state index is 9.13. The molecule has 22 heavy (non-hydrogen) atoms. The molecule has 0 unspecified atom stereocenters. The van der Waals surface area contributed by atoms with E-state index in [1.54, 1.807) is 24.3 Å². The lowest BCUT2D eigenvalue weighted by molar-refractivity contribution is 0.299. The fraction of sp³-hybridized carbons (Fsp3) is 0.500. The summed E-state index contributed by atoms with van der Waals surface area (Å²) in [5.41, 5.74) is 0.881. The molecule has 0 saturated heterocycles. The van der Waals surface area contributed by atoms with Crippen LogP contribution in [0, 0.1) is 0 Å². The summed E-state index contributed by atoms with van der Waals surface area (Å²) in [6.07, 6.45) is 0.257. The van der Waals surface area contributed by atoms with E-state index in [9.17, 15) is 0 Å². The minimum absolute atomic E-state index is 0.143. The van der Waals surface area contributed by atoms with Crippen LogP contribution in [0.2, 0.25) is 0 Å². The quantitative estimate of drug-likeness (QED) is 0.465. The average Bonchev–Trinajstić information content (AvgIpc) is 2.37. The molecule has 126 valence electrons. The Labute approximate surface area is 173 Å². The van der Waals surface area contributed by atoms with Gasteiger partial charge in [-0.05, 0) is 17.5 Å². The first kappa shape index (κ1) is 21.8. The lowest BCUT2D eigenvalue weighted by Crippen LogP contribution is -2.55. The number of alkyl halides is 9. The number of halogens is 9. The molecule has 0 fully saturated rings. The Hall–Kier alpha value is 1.79. The molecule has 1 aromatic carbocycles. The van der Waals surface area contributed by atoms with Gasteiger partial charge in [-0.2, -0.15) is 0 Å². The van der Waals surface area contributed by atoms with E-state index in [2.05, 4.69) is 0 Å². The third-order valence-electron chi connectivity index (χ3n) is 2.88. The van der Waals surface area contributed by atoms with E-state index >= 15 is 0 Å². The zero-order valence-corrected chi connectivity index (χ0v) is 17.4. The Kier molecular flexibility index (Phi) is 7.52. The molecule has 0 bridgehead atoms. The molecular weight excluding hydrogens is 479 g/mol. The van der Waals surface area contributed by atoms with E-state index in [0.29, 0.717) is 5.56 Å². The van der Waals surface area contributed by atoms with Gasteiger partial charge in [0.25, 0.3) is 0 Å². The number of hydrogen-bond acceptors (Lipinski definition) is 1. The molecule has 0 atom stereocenters. The molecule has 0 heterocycles. The van der Waals surface area contributed by atoms with Crippen molar-refractivity contribution in [1.29, 1.82) is 0 Å². The van der Waals surface area contributed by atoms with Crippen molar-refractivity contribution in [2.45, 2.75) is 23.2 Å². The number of rotatable bonds is 5. The molecule has 0 amide bonds. The van der Waals surface area contributed by atoms with Crippen LogP contribution >= 0.6 is 104 Å². The topological polar surface area (TPSA) is 20.2 Å². The average molecular weight is 488 g/mol. The van der Waals surface area contributed by atoms with Crippen molar-refractivity contribution in [2.24, 2.45) is 0 Å². The fourth-order valence-corrected chi connectivity index (χ4v) is 4.04. The van der Waals surface area contributed by atoms with Crippen LogP contribution in [-0.2, 0) is 10.8 Å². The van der Waals surface area contributed by atoms with E-state index < -0.39 is 16.8 Å². The molecule has 1 nitrogen and oxygen atoms in total. The van der Waals surface area contributed by atoms with Crippen LogP contribution in [0.3, 0.4) is 0 Å². The zero-order valence-electron chi connectivity index (χ0n) is 10.6. The molecule has 1 aromatic rings. The van der Waals surface area contributed by atoms with Crippen LogP contribution in [0.25, 0.3) is 0 Å². The summed E-state index contributed by atoms with van der Waals surface area (Å²) in [4.78, 5) is 0. The third kappa shape index (κ3) is 3.96. The maximum Gasteiger partial charge on any atom is 0.226 e. The number of benzene rings is 1. The molecule has 0 aromatic heterocycles. The predicted octanol–water partition coefficient (Wildman–Crippen LogP) is 6.57. The Morgan fingerprint density at radius 3 is 1.73 bits per heavy atom. The second kappa shape index (κ2) is 7.58. The highest BCUT2D eigenvalue weighted by molar-refractivity contribution is 6.80. The normalized spacial score (nSPS) is 14.3. The van der Waals surface area contributed by atoms with E-state index in [4.69, 9.17) is 110 Å². The summed E-state index contributed by atoms with van der Waals surface area (Å²) < 4.78 is -8.96. The Balaban J connectivity index is 3.46. The van der Waals surface area contributed by atoms with Gasteiger partial charge in [0.15, 0.2) is 8.67 Å². The molecule has 0 saturated carbocycles. The summed E-state index contributed by atoms with van der Waals surface area (Å²) in [6.45, 7) is -0.143. The Morgan fingerprint density at radius 2 is 1.27 bits per heavy atom. The van der Waals surface area contributed by atoms with Crippen molar-refractivity contribution in [1.82, 2.24) is 0 Å². The molecule has 0 aliphatic heterocycles. The maximum absolute atomic E-state index is 9.13. The molecule has 0 spiro atoms. The molecule has 1 rings (SSSR count). The Bertz CT molecular complexity index is 522. The predicted molar refractivity (Wildman–Crippen MR) is 99.8 cm³/mol. The molecule has 10 heteroatoms. The van der Waals surface area contributed by atoms with Crippen molar-refractivity contribution >= 4 is 104 Å². The van der Waals surface area contributed by atoms with Crippen LogP contribution in [0.1, 0.15) is 11.1 Å². The van der Waals surface area contributed by atoms with Gasteiger partial charge in [0.2, 0.25) is 8.13 Å². The van der Waals surface area contributed by atoms with Crippen LogP contribution < -0.4 is 0 Å². The van der Waals surface area contributed by atoms with Crippen molar-refractivity contribution in [2.75, 3.05) is 6.61 Å². The first-order valence-corrected chi connectivity index (χ1v) is 9.10. The second-order valence-electron chi connectivity index (χ2n) is 4.35. The van der Waals surface area contributed by atoms with Crippen molar-refractivity contribution in [3.63, 3.8) is 0 Å². The SMILES string of the molecule is OCCc1ccccc1C(Cl)(Cl)C(Cl)(Cl)C(Cl)(Cl)C(Cl)(Cl)Cl. The lowest BCUT2D eigenvalue weighted by Gasteiger charge is -2.44. The van der Waals surface area contributed by atoms with Crippen LogP contribution in [0.4, 0.5) is 0 Å². The van der Waals surface area contributed by atoms with Crippen LogP contribution in [0.5, 0.6) is 0 Å². The van der Waals surface area contributed by atoms with Gasteiger partial charge in [-0.3, -0.25) is 0 Å². The van der Waals surface area contributed by atoms with Gasteiger partial charge in [-0.25, -0.2) is 0 Å². The minimum Gasteiger partial charge on any atom is -0.396 e. The number of aliphatic hydroxyl groups excluding tert-OH is 1. The summed E-state index contributed by atoms with van der Waals surface area (Å²) in [5.74, 6) is 0. The fourth-order valence-electron chi connectivity index (χ4n) is 1.71. The van der Waals surface area contributed by atoms with E-state index in [-0.39, 0.29) is 18.6 Å². The monoisotopic (exact) mass is 484 g/mol. The van der Waals surface area contributed by atoms with Gasteiger partial charge in [0, 0.05) is 6.61 Å². The van der Waals surface area contributed by atoms with Crippen molar-refractivity contribution in [3.8, 4) is 0 Å². The second-order valence-corrected chi connectivity index (χ2v) is 10.6. The first-order valence-electron chi connectivity index (χ1n) is 5.70. The standard InChI is InChI=1S/C12H9Cl9O/c13-9(14,8-4-2-1-3-7(8)5-6-22)10(15,16)11(17,18)12(19,20)21/h1-4,22H,5-6H2. The van der Waals surface area contributed by atoms with Gasteiger partial charge in [-0.1, -0.05) is 129 Å². The summed E-state index contributed by atoms with van der Waals surface area (Å²) in [6, 6.07) is 6.63. The smallest absolute Gasteiger partial charge is 0.226 e. The Morgan fingerprint density at radius 1 is 0.773 bits per heavy atom. The van der Waals surface area contributed by atoms with Gasteiger partial charge in [0.05, 0.1) is 0 Å². The highest BCUT2D eigenvalue weighted by Crippen LogP contribution is 2.65. The number of hydrogen-bond donors (Lipinski definition) is 1. The van der Waals surface area contributed by atoms with Gasteiger partial charge in [0.1, 0.15) is 0 Å².